The fourth-order valence-electron chi connectivity index (χ4n) is 2.81. The van der Waals surface area contributed by atoms with Gasteiger partial charge in [-0.05, 0) is 44.6 Å². The third-order valence-electron chi connectivity index (χ3n) is 4.20. The Morgan fingerprint density at radius 1 is 1.40 bits per heavy atom. The Morgan fingerprint density at radius 2 is 2.13 bits per heavy atom. The summed E-state index contributed by atoms with van der Waals surface area (Å²) in [6.45, 7) is 12.1. The second kappa shape index (κ2) is 4.42. The summed E-state index contributed by atoms with van der Waals surface area (Å²) in [5, 5.41) is 3.57. The summed E-state index contributed by atoms with van der Waals surface area (Å²) in [7, 11) is 0. The lowest BCUT2D eigenvalue weighted by atomic mass is 9.90. The summed E-state index contributed by atoms with van der Waals surface area (Å²) in [6, 6.07) is 0. The maximum atomic E-state index is 3.57. The first-order chi connectivity index (χ1) is 7.13. The summed E-state index contributed by atoms with van der Waals surface area (Å²) in [6.07, 6.45) is 4.26. The highest BCUT2D eigenvalue weighted by atomic mass is 15.3. The van der Waals surface area contributed by atoms with E-state index in [0.29, 0.717) is 5.54 Å². The maximum Gasteiger partial charge on any atom is 0.0334 e. The van der Waals surface area contributed by atoms with Crippen molar-refractivity contribution in [2.75, 3.05) is 26.2 Å². The van der Waals surface area contributed by atoms with Gasteiger partial charge >= 0.3 is 0 Å². The average molecular weight is 210 g/mol. The Bertz CT molecular complexity index is 211. The minimum Gasteiger partial charge on any atom is -0.314 e. The number of piperazine rings is 1. The zero-order valence-electron chi connectivity index (χ0n) is 10.6. The lowest BCUT2D eigenvalue weighted by molar-refractivity contribution is 0.0518. The van der Waals surface area contributed by atoms with Crippen LogP contribution in [0.4, 0.5) is 0 Å². The van der Waals surface area contributed by atoms with E-state index in [1.54, 1.807) is 0 Å². The topological polar surface area (TPSA) is 15.3 Å². The van der Waals surface area contributed by atoms with Gasteiger partial charge in [-0.3, -0.25) is 4.90 Å². The van der Waals surface area contributed by atoms with E-state index in [0.717, 1.165) is 11.8 Å². The smallest absolute Gasteiger partial charge is 0.0334 e. The normalized spacial score (nSPS) is 33.6. The van der Waals surface area contributed by atoms with Crippen LogP contribution in [-0.4, -0.2) is 36.6 Å². The Morgan fingerprint density at radius 3 is 2.73 bits per heavy atom. The lowest BCUT2D eigenvalue weighted by Crippen LogP contribution is -2.61. The van der Waals surface area contributed by atoms with E-state index < -0.39 is 0 Å². The Labute approximate surface area is 94.4 Å². The predicted octanol–water partition coefficient (Wildman–Crippen LogP) is 2.11. The van der Waals surface area contributed by atoms with Crippen LogP contribution >= 0.6 is 0 Å². The summed E-state index contributed by atoms with van der Waals surface area (Å²) in [5.74, 6) is 1.81. The monoisotopic (exact) mass is 210 g/mol. The van der Waals surface area contributed by atoms with Crippen LogP contribution in [0.2, 0.25) is 0 Å². The minimum atomic E-state index is 0.465. The van der Waals surface area contributed by atoms with Crippen molar-refractivity contribution in [1.82, 2.24) is 10.2 Å². The summed E-state index contributed by atoms with van der Waals surface area (Å²) < 4.78 is 0. The van der Waals surface area contributed by atoms with Crippen molar-refractivity contribution in [3.05, 3.63) is 0 Å². The molecule has 2 aliphatic rings. The maximum absolute atomic E-state index is 3.57. The zero-order valence-corrected chi connectivity index (χ0v) is 10.6. The molecule has 2 rings (SSSR count). The second-order valence-corrected chi connectivity index (χ2v) is 5.98. The zero-order chi connectivity index (χ0) is 10.9. The molecule has 1 unspecified atom stereocenters. The number of nitrogens with one attached hydrogen (secondary N) is 1. The van der Waals surface area contributed by atoms with Crippen LogP contribution in [0.15, 0.2) is 0 Å². The molecule has 0 aromatic rings. The van der Waals surface area contributed by atoms with Gasteiger partial charge in [-0.15, -0.1) is 0 Å². The molecule has 0 amide bonds. The van der Waals surface area contributed by atoms with Gasteiger partial charge in [0.05, 0.1) is 0 Å². The fourth-order valence-corrected chi connectivity index (χ4v) is 2.81. The molecule has 1 saturated heterocycles. The van der Waals surface area contributed by atoms with Gasteiger partial charge in [-0.25, -0.2) is 0 Å². The van der Waals surface area contributed by atoms with Crippen LogP contribution in [0.25, 0.3) is 0 Å². The molecule has 1 atom stereocenters. The second-order valence-electron chi connectivity index (χ2n) is 5.98. The van der Waals surface area contributed by atoms with Crippen LogP contribution in [0.1, 0.15) is 40.0 Å². The molecule has 0 spiro atoms. The molecular weight excluding hydrogens is 184 g/mol. The molecule has 0 bridgehead atoms. The highest BCUT2D eigenvalue weighted by Gasteiger charge is 2.46. The van der Waals surface area contributed by atoms with E-state index >= 15 is 0 Å². The van der Waals surface area contributed by atoms with Crippen LogP contribution in [0.5, 0.6) is 0 Å². The molecule has 1 N–H and O–H groups in total. The van der Waals surface area contributed by atoms with Gasteiger partial charge in [-0.2, -0.15) is 0 Å². The predicted molar refractivity (Wildman–Crippen MR) is 65.0 cm³/mol. The first kappa shape index (κ1) is 11.4. The quantitative estimate of drug-likeness (QED) is 0.764. The third kappa shape index (κ3) is 2.54. The van der Waals surface area contributed by atoms with Crippen molar-refractivity contribution in [1.29, 1.82) is 0 Å². The van der Waals surface area contributed by atoms with E-state index in [-0.39, 0.29) is 0 Å². The largest absolute Gasteiger partial charge is 0.314 e. The van der Waals surface area contributed by atoms with Crippen LogP contribution in [0, 0.1) is 11.8 Å². The SMILES string of the molecule is CC(C)CCN1CCNCC1(C)C1CC1. The third-order valence-corrected chi connectivity index (χ3v) is 4.20. The van der Waals surface area contributed by atoms with Crippen LogP contribution in [-0.2, 0) is 0 Å². The van der Waals surface area contributed by atoms with Crippen molar-refractivity contribution in [2.24, 2.45) is 11.8 Å². The Kier molecular flexibility index (Phi) is 3.36. The molecule has 2 fully saturated rings. The van der Waals surface area contributed by atoms with Crippen LogP contribution in [0.3, 0.4) is 0 Å². The first-order valence-corrected chi connectivity index (χ1v) is 6.58. The van der Waals surface area contributed by atoms with Crippen molar-refractivity contribution in [2.45, 2.75) is 45.6 Å². The Hall–Kier alpha value is -0.0800. The molecule has 0 aromatic heterocycles. The molecule has 2 heteroatoms. The van der Waals surface area contributed by atoms with Gasteiger partial charge in [0.2, 0.25) is 0 Å². The summed E-state index contributed by atoms with van der Waals surface area (Å²) >= 11 is 0. The van der Waals surface area contributed by atoms with Gasteiger partial charge in [0, 0.05) is 25.2 Å². The minimum absolute atomic E-state index is 0.465. The van der Waals surface area contributed by atoms with Crippen molar-refractivity contribution in [3.8, 4) is 0 Å². The van der Waals surface area contributed by atoms with Crippen molar-refractivity contribution >= 4 is 0 Å². The molecule has 15 heavy (non-hydrogen) atoms. The molecule has 1 aliphatic carbocycles. The molecule has 0 aromatic carbocycles. The highest BCUT2D eigenvalue weighted by Crippen LogP contribution is 2.43. The molecule has 1 saturated carbocycles. The van der Waals surface area contributed by atoms with E-state index in [1.165, 1.54) is 45.4 Å². The molecule has 0 radical (unpaired) electrons. The average Bonchev–Trinajstić information content (AvgIpc) is 2.99. The van der Waals surface area contributed by atoms with Crippen LogP contribution < -0.4 is 5.32 Å². The number of rotatable bonds is 4. The molecular formula is C13H26N2. The van der Waals surface area contributed by atoms with Crippen molar-refractivity contribution < 1.29 is 0 Å². The highest BCUT2D eigenvalue weighted by molar-refractivity contribution is 5.02. The first-order valence-electron chi connectivity index (χ1n) is 6.58. The van der Waals surface area contributed by atoms with Gasteiger partial charge < -0.3 is 5.32 Å². The molecule has 1 heterocycles. The standard InChI is InChI=1S/C13H26N2/c1-11(2)6-8-15-9-7-14-10-13(15,3)12-4-5-12/h11-12,14H,4-10H2,1-3H3. The summed E-state index contributed by atoms with van der Waals surface area (Å²) in [5.41, 5.74) is 0.465. The van der Waals surface area contributed by atoms with Gasteiger partial charge in [0.1, 0.15) is 0 Å². The number of hydrogen-bond donors (Lipinski definition) is 1. The Balaban J connectivity index is 1.93. The van der Waals surface area contributed by atoms with Gasteiger partial charge in [0.25, 0.3) is 0 Å². The molecule has 1 aliphatic heterocycles. The number of nitrogens with zero attached hydrogens (tertiary/aromatic N) is 1. The fraction of sp³-hybridized carbons (Fsp3) is 1.00. The van der Waals surface area contributed by atoms with E-state index in [4.69, 9.17) is 0 Å². The van der Waals surface area contributed by atoms with Crippen molar-refractivity contribution in [3.63, 3.8) is 0 Å². The molecule has 88 valence electrons. The van der Waals surface area contributed by atoms with Gasteiger partial charge in [-0.1, -0.05) is 13.8 Å². The van der Waals surface area contributed by atoms with Gasteiger partial charge in [0.15, 0.2) is 0 Å². The van der Waals surface area contributed by atoms with E-state index in [2.05, 4.69) is 31.0 Å². The number of hydrogen-bond acceptors (Lipinski definition) is 2. The lowest BCUT2D eigenvalue weighted by Gasteiger charge is -2.46. The summed E-state index contributed by atoms with van der Waals surface area (Å²) in [4.78, 5) is 2.75. The van der Waals surface area contributed by atoms with E-state index in [1.807, 2.05) is 0 Å². The molecule has 2 nitrogen and oxygen atoms in total. The van der Waals surface area contributed by atoms with E-state index in [9.17, 15) is 0 Å².